The van der Waals surface area contributed by atoms with Gasteiger partial charge in [-0.15, -0.1) is 0 Å². The van der Waals surface area contributed by atoms with Crippen LogP contribution in [0.1, 0.15) is 0 Å². The Hall–Kier alpha value is -7.98. The highest BCUT2D eigenvalue weighted by Crippen LogP contribution is 2.41. The minimum Gasteiger partial charge on any atom is -0.307 e. The number of aromatic nitrogens is 2. The average Bonchev–Trinajstić information content (AvgIpc) is 3.89. The van der Waals surface area contributed by atoms with Crippen molar-refractivity contribution in [3.63, 3.8) is 0 Å². The molecule has 2 aromatic heterocycles. The molecule has 0 unspecified atom stereocenters. The van der Waals surface area contributed by atoms with Crippen LogP contribution in [-0.4, -0.2) is 17.2 Å². The van der Waals surface area contributed by atoms with Crippen molar-refractivity contribution in [2.45, 2.75) is 0 Å². The van der Waals surface area contributed by atoms with Crippen molar-refractivity contribution in [2.75, 3.05) is 0 Å². The van der Waals surface area contributed by atoms with Crippen molar-refractivity contribution in [3.05, 3.63) is 255 Å². The van der Waals surface area contributed by atoms with E-state index in [9.17, 15) is 0 Å². The number of nitrogens with zero attached hydrogens (tertiary/aromatic N) is 2. The number of benzene rings is 10. The summed E-state index contributed by atoms with van der Waals surface area (Å²) in [4.78, 5) is 0. The predicted octanol–water partition coefficient (Wildman–Crippen LogP) is 12.6. The van der Waals surface area contributed by atoms with Crippen LogP contribution in [0.15, 0.2) is 255 Å². The summed E-state index contributed by atoms with van der Waals surface area (Å²) in [5.74, 6) is 0. The van der Waals surface area contributed by atoms with E-state index < -0.39 is 8.07 Å². The molecule has 63 heavy (non-hydrogen) atoms. The van der Waals surface area contributed by atoms with Gasteiger partial charge in [-0.2, -0.15) is 0 Å². The van der Waals surface area contributed by atoms with E-state index in [1.165, 1.54) is 86.6 Å². The van der Waals surface area contributed by atoms with Gasteiger partial charge in [0.15, 0.2) is 8.07 Å². The van der Waals surface area contributed by atoms with Gasteiger partial charge in [-0.25, -0.2) is 0 Å². The van der Waals surface area contributed by atoms with Crippen LogP contribution in [0.4, 0.5) is 0 Å². The van der Waals surface area contributed by atoms with Crippen molar-refractivity contribution in [1.29, 1.82) is 0 Å². The lowest BCUT2D eigenvalue weighted by molar-refractivity contribution is 1.13. The first-order valence-corrected chi connectivity index (χ1v) is 23.8. The van der Waals surface area contributed by atoms with E-state index in [-0.39, 0.29) is 0 Å². The van der Waals surface area contributed by atoms with Crippen molar-refractivity contribution in [2.24, 2.45) is 0 Å². The summed E-state index contributed by atoms with van der Waals surface area (Å²) in [6, 6.07) is 94.5. The van der Waals surface area contributed by atoms with Crippen LogP contribution >= 0.6 is 0 Å². The van der Waals surface area contributed by atoms with Crippen molar-refractivity contribution in [3.8, 4) is 33.6 Å². The van der Waals surface area contributed by atoms with Gasteiger partial charge in [0, 0.05) is 27.2 Å². The van der Waals surface area contributed by atoms with Crippen LogP contribution in [0, 0.1) is 0 Å². The zero-order valence-corrected chi connectivity index (χ0v) is 35.6. The maximum Gasteiger partial charge on any atom is 0.182 e. The highest BCUT2D eigenvalue weighted by Gasteiger charge is 2.45. The molecule has 0 N–H and O–H groups in total. The van der Waals surface area contributed by atoms with E-state index in [0.717, 1.165) is 11.4 Å². The first-order valence-electron chi connectivity index (χ1n) is 21.8. The van der Waals surface area contributed by atoms with Gasteiger partial charge in [0.05, 0.1) is 27.8 Å². The summed E-state index contributed by atoms with van der Waals surface area (Å²) in [5.41, 5.74) is 11.9. The Balaban J connectivity index is 1.31. The summed E-state index contributed by atoms with van der Waals surface area (Å²) >= 11 is 0. The van der Waals surface area contributed by atoms with Gasteiger partial charge >= 0.3 is 0 Å². The molecule has 3 heteroatoms. The number of para-hydroxylation sites is 3. The third kappa shape index (κ3) is 5.78. The molecule has 0 saturated heterocycles. The number of rotatable bonds is 8. The summed E-state index contributed by atoms with van der Waals surface area (Å²) < 4.78 is 5.13. The van der Waals surface area contributed by atoms with Crippen LogP contribution in [0.2, 0.25) is 0 Å². The van der Waals surface area contributed by atoms with Crippen LogP contribution in [-0.2, 0) is 0 Å². The van der Waals surface area contributed by atoms with E-state index in [1.54, 1.807) is 0 Å². The summed E-state index contributed by atoms with van der Waals surface area (Å²) in [5, 5.41) is 10.3. The second-order valence-corrected chi connectivity index (χ2v) is 20.1. The molecule has 0 aliphatic heterocycles. The van der Waals surface area contributed by atoms with Crippen LogP contribution < -0.4 is 20.7 Å². The molecule has 296 valence electrons. The van der Waals surface area contributed by atoms with Crippen molar-refractivity contribution in [1.82, 2.24) is 9.13 Å². The number of hydrogen-bond acceptors (Lipinski definition) is 0. The van der Waals surface area contributed by atoms with Gasteiger partial charge in [0.25, 0.3) is 0 Å². The van der Waals surface area contributed by atoms with Gasteiger partial charge < -0.3 is 9.13 Å². The van der Waals surface area contributed by atoms with Crippen LogP contribution in [0.3, 0.4) is 0 Å². The molecule has 0 atom stereocenters. The van der Waals surface area contributed by atoms with E-state index in [2.05, 4.69) is 264 Å². The van der Waals surface area contributed by atoms with E-state index in [4.69, 9.17) is 0 Å². The summed E-state index contributed by atoms with van der Waals surface area (Å²) in [6.07, 6.45) is 0. The lowest BCUT2D eigenvalue weighted by atomic mass is 10.0. The van der Waals surface area contributed by atoms with Crippen LogP contribution in [0.5, 0.6) is 0 Å². The first kappa shape index (κ1) is 36.8. The van der Waals surface area contributed by atoms with Gasteiger partial charge in [0.2, 0.25) is 0 Å². The van der Waals surface area contributed by atoms with Crippen molar-refractivity contribution >= 4 is 72.4 Å². The number of fused-ring (bicyclic) bond motifs is 6. The van der Waals surface area contributed by atoms with Gasteiger partial charge in [0.1, 0.15) is 0 Å². The van der Waals surface area contributed by atoms with Gasteiger partial charge in [-0.3, -0.25) is 0 Å². The van der Waals surface area contributed by atoms with Crippen LogP contribution in [0.25, 0.3) is 77.2 Å². The lowest BCUT2D eigenvalue weighted by Crippen LogP contribution is -2.75. The summed E-state index contributed by atoms with van der Waals surface area (Å²) in [6.45, 7) is 0. The second kappa shape index (κ2) is 15.2. The zero-order chi connectivity index (χ0) is 41.7. The third-order valence-corrected chi connectivity index (χ3v) is 17.9. The first-order chi connectivity index (χ1) is 31.3. The second-order valence-electron chi connectivity index (χ2n) is 16.4. The highest BCUT2D eigenvalue weighted by atomic mass is 28.3. The average molecular weight is 819 g/mol. The molecule has 0 amide bonds. The number of hydrogen-bond donors (Lipinski definition) is 0. The Bertz CT molecular complexity index is 3500. The molecule has 0 spiro atoms. The van der Waals surface area contributed by atoms with Gasteiger partial charge in [-0.05, 0) is 73.3 Å². The fourth-order valence-corrected chi connectivity index (χ4v) is 15.6. The molecule has 10 aromatic carbocycles. The normalized spacial score (nSPS) is 11.8. The minimum atomic E-state index is -3.17. The Kier molecular flexibility index (Phi) is 8.87. The molecule has 0 bridgehead atoms. The quantitative estimate of drug-likeness (QED) is 0.107. The van der Waals surface area contributed by atoms with E-state index in [0.29, 0.717) is 0 Å². The molecular formula is C60H42N2Si. The molecule has 12 rings (SSSR count). The van der Waals surface area contributed by atoms with E-state index in [1.807, 2.05) is 0 Å². The molecule has 0 fully saturated rings. The Morgan fingerprint density at radius 3 is 1.32 bits per heavy atom. The maximum atomic E-state index is 2.63. The Morgan fingerprint density at radius 2 is 0.730 bits per heavy atom. The maximum absolute atomic E-state index is 3.17. The van der Waals surface area contributed by atoms with E-state index >= 15 is 0 Å². The molecule has 0 aliphatic rings. The highest BCUT2D eigenvalue weighted by molar-refractivity contribution is 7.21. The zero-order valence-electron chi connectivity index (χ0n) is 34.6. The topological polar surface area (TPSA) is 9.86 Å². The summed E-state index contributed by atoms with van der Waals surface area (Å²) in [7, 11) is -3.17. The standard InChI is InChI=1S/C60H42N2Si/c1-6-22-43(23-7-1)45-26-20-27-46(42-45)61-55-37-18-16-34-51(55)53-36-21-39-57(58(53)61)62-56-38-19-17-35-52(56)54-41-40-50(44-24-8-2-9-25-44)60(59(54)62)63(47-28-10-3-11-29-47,48-30-12-4-13-31-48)49-32-14-5-15-33-49/h1-42H. The smallest absolute Gasteiger partial charge is 0.182 e. The molecule has 2 nitrogen and oxygen atoms in total. The molecule has 12 aromatic rings. The lowest BCUT2D eigenvalue weighted by Gasteiger charge is -2.37. The molecule has 0 aliphatic carbocycles. The molecule has 0 saturated carbocycles. The van der Waals surface area contributed by atoms with Crippen molar-refractivity contribution < 1.29 is 0 Å². The molecule has 0 radical (unpaired) electrons. The third-order valence-electron chi connectivity index (χ3n) is 13.0. The SMILES string of the molecule is c1ccc(-c2cccc(-n3c4ccccc4c4cccc(-n5c6ccccc6c6ccc(-c7ccccc7)c([Si](c7ccccc7)(c7ccccc7)c7ccccc7)c65)c43)c2)cc1. The fraction of sp³-hybridized carbons (Fsp3) is 0. The fourth-order valence-electron chi connectivity index (χ4n) is 10.4. The Labute approximate surface area is 368 Å². The molecule has 2 heterocycles. The molecular weight excluding hydrogens is 777 g/mol. The monoisotopic (exact) mass is 818 g/mol. The largest absolute Gasteiger partial charge is 0.307 e. The minimum absolute atomic E-state index is 1.13. The van der Waals surface area contributed by atoms with Gasteiger partial charge in [-0.1, -0.05) is 224 Å². The Morgan fingerprint density at radius 1 is 0.286 bits per heavy atom. The predicted molar refractivity (Wildman–Crippen MR) is 270 cm³/mol.